The lowest BCUT2D eigenvalue weighted by atomic mass is 10.8. The minimum absolute atomic E-state index is 0.468. The van der Waals surface area contributed by atoms with Crippen LogP contribution >= 0.6 is 0 Å². The minimum Gasteiger partial charge on any atom is -0.348 e. The van der Waals surface area contributed by atoms with Gasteiger partial charge in [-0.3, -0.25) is 0 Å². The fraction of sp³-hybridized carbons (Fsp3) is 0. The van der Waals surface area contributed by atoms with Crippen molar-refractivity contribution in [3.8, 4) is 0 Å². The second kappa shape index (κ2) is 1.12. The molecule has 1 heterocycles. The molecule has 2 nitrogen and oxygen atoms in total. The predicted molar refractivity (Wildman–Crippen MR) is 22.0 cm³/mol. The molecule has 1 aromatic heterocycles. The first-order valence-electron chi connectivity index (χ1n) is 1.64. The Hall–Kier alpha value is -0.790. The van der Waals surface area contributed by atoms with E-state index in [0.29, 0.717) is 5.82 Å². The molecule has 0 aromatic carbocycles. The maximum absolute atomic E-state index is 5.11. The molecule has 6 heavy (non-hydrogen) atoms. The summed E-state index contributed by atoms with van der Waals surface area (Å²) in [6, 6.07) is 0. The van der Waals surface area contributed by atoms with Crippen molar-refractivity contribution >= 4 is 0 Å². The zero-order valence-corrected chi connectivity index (χ0v) is 3.18. The summed E-state index contributed by atoms with van der Waals surface area (Å²) in [5.41, 5.74) is 0. The Balaban J connectivity index is 3.05. The second-order valence-corrected chi connectivity index (χ2v) is 0.974. The number of nitrogens with zero attached hydrogens (tertiary/aromatic N) is 1. The topological polar surface area (TPSA) is 28.7 Å². The first kappa shape index (κ1) is 3.40. The summed E-state index contributed by atoms with van der Waals surface area (Å²) in [4.78, 5) is 6.31. The van der Waals surface area contributed by atoms with Crippen molar-refractivity contribution in [2.24, 2.45) is 0 Å². The van der Waals surface area contributed by atoms with Gasteiger partial charge in [0.1, 0.15) is 5.82 Å². The maximum atomic E-state index is 5.11. The molecule has 0 fully saturated rings. The van der Waals surface area contributed by atoms with E-state index in [4.69, 9.17) is 6.92 Å². The highest BCUT2D eigenvalue weighted by atomic mass is 14.9. The van der Waals surface area contributed by atoms with Gasteiger partial charge in [0.25, 0.3) is 0 Å². The van der Waals surface area contributed by atoms with Gasteiger partial charge in [0, 0.05) is 19.3 Å². The van der Waals surface area contributed by atoms with Gasteiger partial charge in [-0.05, 0) is 0 Å². The summed E-state index contributed by atoms with van der Waals surface area (Å²) in [7, 11) is 0. The fourth-order valence-electron chi connectivity index (χ4n) is 0.277. The minimum atomic E-state index is 0.468. The third kappa shape index (κ3) is 0.407. The average Bonchev–Trinajstić information content (AvgIpc) is 1.86. The van der Waals surface area contributed by atoms with E-state index in [-0.39, 0.29) is 0 Å². The molecule has 30 valence electrons. The number of hydrogen-bond donors (Lipinski definition) is 1. The van der Waals surface area contributed by atoms with Crippen molar-refractivity contribution < 1.29 is 0 Å². The molecule has 0 aliphatic rings. The number of aromatic nitrogens is 2. The van der Waals surface area contributed by atoms with Gasteiger partial charge in [-0.1, -0.05) is 0 Å². The molecule has 1 aromatic rings. The molecule has 1 N–H and O–H groups in total. The van der Waals surface area contributed by atoms with Gasteiger partial charge in [-0.2, -0.15) is 0 Å². The smallest absolute Gasteiger partial charge is 0.110 e. The zero-order chi connectivity index (χ0) is 4.41. The summed E-state index contributed by atoms with van der Waals surface area (Å²) in [5, 5.41) is 0. The van der Waals surface area contributed by atoms with Crippen LogP contribution in [-0.4, -0.2) is 9.97 Å². The molecule has 0 atom stereocenters. The number of rotatable bonds is 0. The molecule has 0 unspecified atom stereocenters. The number of imidazole rings is 1. The molecule has 0 aliphatic carbocycles. The van der Waals surface area contributed by atoms with Gasteiger partial charge in [-0.15, -0.1) is 0 Å². The first-order valence-corrected chi connectivity index (χ1v) is 1.64. The maximum Gasteiger partial charge on any atom is 0.110 e. The first-order chi connectivity index (χ1) is 2.89. The van der Waals surface area contributed by atoms with E-state index in [9.17, 15) is 0 Å². The van der Waals surface area contributed by atoms with Crippen molar-refractivity contribution in [3.05, 3.63) is 25.1 Å². The van der Waals surface area contributed by atoms with E-state index in [1.807, 2.05) is 0 Å². The summed E-state index contributed by atoms with van der Waals surface area (Å²) in [5.74, 6) is 0.468. The monoisotopic (exact) mass is 80.0 g/mol. The van der Waals surface area contributed by atoms with Gasteiger partial charge in [0.15, 0.2) is 0 Å². The van der Waals surface area contributed by atoms with Crippen LogP contribution in [0, 0.1) is 6.92 Å². The predicted octanol–water partition coefficient (Wildman–Crippen LogP) is 0.469. The van der Waals surface area contributed by atoms with Crippen LogP contribution in [-0.2, 0) is 0 Å². The lowest BCUT2D eigenvalue weighted by Crippen LogP contribution is -1.66. The van der Waals surface area contributed by atoms with E-state index >= 15 is 0 Å². The van der Waals surface area contributed by atoms with Crippen LogP contribution in [0.4, 0.5) is 0 Å². The molecule has 1 rings (SSSR count). The fourth-order valence-corrected chi connectivity index (χ4v) is 0.277. The Kier molecular flexibility index (Phi) is 0.638. The van der Waals surface area contributed by atoms with E-state index in [0.717, 1.165) is 0 Å². The van der Waals surface area contributed by atoms with Crippen LogP contribution in [0.1, 0.15) is 5.82 Å². The SMILES string of the molecule is [CH]c1ncc[nH]1. The number of H-pyrrole nitrogens is 1. The van der Waals surface area contributed by atoms with Crippen molar-refractivity contribution in [2.75, 3.05) is 0 Å². The molecular weight excluding hydrogens is 76.1 g/mol. The van der Waals surface area contributed by atoms with Crippen molar-refractivity contribution in [2.45, 2.75) is 0 Å². The normalized spacial score (nSPS) is 8.83. The Morgan fingerprint density at radius 3 is 2.83 bits per heavy atom. The third-order valence-electron chi connectivity index (χ3n) is 0.519. The van der Waals surface area contributed by atoms with E-state index in [2.05, 4.69) is 9.97 Å². The Labute approximate surface area is 36.2 Å². The van der Waals surface area contributed by atoms with Crippen LogP contribution in [0.2, 0.25) is 0 Å². The summed E-state index contributed by atoms with van der Waals surface area (Å²) in [6.07, 6.45) is 3.28. The van der Waals surface area contributed by atoms with Gasteiger partial charge >= 0.3 is 0 Å². The molecule has 0 saturated heterocycles. The number of aromatic amines is 1. The standard InChI is InChI=1S/C4H4N2/c1-4-5-2-3-6-4/h1-3H,(H,5,6). The van der Waals surface area contributed by atoms with Crippen LogP contribution in [0.3, 0.4) is 0 Å². The largest absolute Gasteiger partial charge is 0.348 e. The van der Waals surface area contributed by atoms with Crippen LogP contribution in [0.15, 0.2) is 12.4 Å². The molecule has 0 saturated carbocycles. The van der Waals surface area contributed by atoms with Gasteiger partial charge in [0.05, 0.1) is 0 Å². The van der Waals surface area contributed by atoms with E-state index < -0.39 is 0 Å². The van der Waals surface area contributed by atoms with Gasteiger partial charge < -0.3 is 4.98 Å². The van der Waals surface area contributed by atoms with Crippen molar-refractivity contribution in [3.63, 3.8) is 0 Å². The average molecular weight is 80.1 g/mol. The number of hydrogen-bond acceptors (Lipinski definition) is 1. The van der Waals surface area contributed by atoms with Crippen LogP contribution in [0.5, 0.6) is 0 Å². The zero-order valence-electron chi connectivity index (χ0n) is 3.18. The summed E-state index contributed by atoms with van der Waals surface area (Å²) >= 11 is 0. The highest BCUT2D eigenvalue weighted by Crippen LogP contribution is 1.78. The molecule has 0 amide bonds. The van der Waals surface area contributed by atoms with Crippen molar-refractivity contribution in [1.82, 2.24) is 9.97 Å². The quantitative estimate of drug-likeness (QED) is 0.482. The van der Waals surface area contributed by atoms with Crippen LogP contribution < -0.4 is 0 Å². The summed E-state index contributed by atoms with van der Waals surface area (Å²) in [6.45, 7) is 5.11. The van der Waals surface area contributed by atoms with Crippen LogP contribution in [0.25, 0.3) is 0 Å². The molecule has 2 heteroatoms. The summed E-state index contributed by atoms with van der Waals surface area (Å²) < 4.78 is 0. The lowest BCUT2D eigenvalue weighted by Gasteiger charge is -1.67. The lowest BCUT2D eigenvalue weighted by molar-refractivity contribution is 1.23. The van der Waals surface area contributed by atoms with E-state index in [1.165, 1.54) is 0 Å². The highest BCUT2D eigenvalue weighted by molar-refractivity contribution is 4.88. The van der Waals surface area contributed by atoms with E-state index in [1.54, 1.807) is 12.4 Å². The molecule has 0 bridgehead atoms. The number of nitrogens with one attached hydrogen (secondary N) is 1. The Morgan fingerprint density at radius 1 is 1.83 bits per heavy atom. The molecule has 0 spiro atoms. The van der Waals surface area contributed by atoms with Gasteiger partial charge in [-0.25, -0.2) is 4.98 Å². The van der Waals surface area contributed by atoms with Gasteiger partial charge in [0.2, 0.25) is 0 Å². The van der Waals surface area contributed by atoms with Crippen molar-refractivity contribution in [1.29, 1.82) is 0 Å². The Morgan fingerprint density at radius 2 is 2.67 bits per heavy atom. The molecule has 0 aliphatic heterocycles. The highest BCUT2D eigenvalue weighted by Gasteiger charge is 1.74. The third-order valence-corrected chi connectivity index (χ3v) is 0.519. The Bertz CT molecular complexity index is 109. The second-order valence-electron chi connectivity index (χ2n) is 0.974. The molecule has 2 radical (unpaired) electrons. The molecular formula is C4H4N2.